The highest BCUT2D eigenvalue weighted by molar-refractivity contribution is 7.91. The lowest BCUT2D eigenvalue weighted by Gasteiger charge is -2.15. The van der Waals surface area contributed by atoms with E-state index in [2.05, 4.69) is 30.8 Å². The number of nitrogens with one attached hydrogen (secondary N) is 2. The third kappa shape index (κ3) is 4.35. The van der Waals surface area contributed by atoms with Crippen LogP contribution in [0.15, 0.2) is 16.3 Å². The lowest BCUT2D eigenvalue weighted by atomic mass is 9.95. The van der Waals surface area contributed by atoms with Crippen molar-refractivity contribution < 1.29 is 8.42 Å². The predicted octanol–water partition coefficient (Wildman–Crippen LogP) is 1.93. The van der Waals surface area contributed by atoms with Gasteiger partial charge in [-0.15, -0.1) is 11.3 Å². The van der Waals surface area contributed by atoms with Gasteiger partial charge in [0.25, 0.3) is 0 Å². The molecule has 104 valence electrons. The summed E-state index contributed by atoms with van der Waals surface area (Å²) in [5.41, 5.74) is -0.00936. The van der Waals surface area contributed by atoms with Crippen LogP contribution in [-0.4, -0.2) is 28.6 Å². The first-order chi connectivity index (χ1) is 8.27. The molecule has 1 rings (SSSR count). The van der Waals surface area contributed by atoms with E-state index in [-0.39, 0.29) is 5.41 Å². The van der Waals surface area contributed by atoms with Gasteiger partial charge in [-0.25, -0.2) is 13.1 Å². The second-order valence-electron chi connectivity index (χ2n) is 5.22. The third-order valence-electron chi connectivity index (χ3n) is 2.48. The predicted molar refractivity (Wildman–Crippen MR) is 76.8 cm³/mol. The second kappa shape index (κ2) is 6.14. The maximum Gasteiger partial charge on any atom is 0.250 e. The van der Waals surface area contributed by atoms with Crippen LogP contribution in [0.3, 0.4) is 0 Å². The summed E-state index contributed by atoms with van der Waals surface area (Å²) in [6.07, 6.45) is 0.785. The number of hydrogen-bond donors (Lipinski definition) is 2. The van der Waals surface area contributed by atoms with Gasteiger partial charge in [0, 0.05) is 11.4 Å². The molecule has 0 fully saturated rings. The van der Waals surface area contributed by atoms with Crippen molar-refractivity contribution >= 4 is 21.4 Å². The van der Waals surface area contributed by atoms with Crippen LogP contribution in [0.25, 0.3) is 0 Å². The van der Waals surface area contributed by atoms with Crippen molar-refractivity contribution in [3.8, 4) is 0 Å². The minimum Gasteiger partial charge on any atom is -0.320 e. The molecule has 0 aliphatic carbocycles. The number of thiophene rings is 1. The molecule has 2 N–H and O–H groups in total. The van der Waals surface area contributed by atoms with Crippen LogP contribution < -0.4 is 10.0 Å². The summed E-state index contributed by atoms with van der Waals surface area (Å²) in [4.78, 5) is 1.08. The minimum atomic E-state index is -3.34. The van der Waals surface area contributed by atoms with Crippen molar-refractivity contribution in [2.45, 2.75) is 36.8 Å². The highest BCUT2D eigenvalue weighted by atomic mass is 32.2. The molecule has 6 heteroatoms. The average Bonchev–Trinajstić information content (AvgIpc) is 2.73. The van der Waals surface area contributed by atoms with Gasteiger partial charge in [-0.1, -0.05) is 20.8 Å². The van der Waals surface area contributed by atoms with Crippen molar-refractivity contribution in [1.29, 1.82) is 0 Å². The number of rotatable bonds is 6. The average molecular weight is 290 g/mol. The fourth-order valence-electron chi connectivity index (χ4n) is 1.41. The molecule has 0 aliphatic heterocycles. The van der Waals surface area contributed by atoms with Crippen LogP contribution >= 0.6 is 11.3 Å². The lowest BCUT2D eigenvalue weighted by molar-refractivity contribution is 0.579. The number of hydrogen-bond acceptors (Lipinski definition) is 4. The van der Waals surface area contributed by atoms with Gasteiger partial charge in [0.15, 0.2) is 0 Å². The van der Waals surface area contributed by atoms with Gasteiger partial charge in [-0.2, -0.15) is 0 Å². The molecular weight excluding hydrogens is 268 g/mol. The van der Waals surface area contributed by atoms with Gasteiger partial charge in [0.2, 0.25) is 10.0 Å². The van der Waals surface area contributed by atoms with Gasteiger partial charge in [-0.3, -0.25) is 0 Å². The largest absolute Gasteiger partial charge is 0.320 e. The Morgan fingerprint density at radius 3 is 2.39 bits per heavy atom. The highest BCUT2D eigenvalue weighted by Gasteiger charge is 2.21. The maximum atomic E-state index is 12.0. The van der Waals surface area contributed by atoms with E-state index in [9.17, 15) is 8.42 Å². The number of sulfonamides is 1. The summed E-state index contributed by atoms with van der Waals surface area (Å²) in [5.74, 6) is 0. The summed E-state index contributed by atoms with van der Waals surface area (Å²) in [6.45, 7) is 7.51. The zero-order chi connectivity index (χ0) is 13.8. The molecule has 1 aromatic rings. The molecule has 0 atom stereocenters. The first kappa shape index (κ1) is 15.6. The molecule has 0 aromatic carbocycles. The van der Waals surface area contributed by atoms with Crippen molar-refractivity contribution in [3.05, 3.63) is 17.0 Å². The molecule has 0 saturated carbocycles. The summed E-state index contributed by atoms with van der Waals surface area (Å²) < 4.78 is 27.0. The Morgan fingerprint density at radius 2 is 1.89 bits per heavy atom. The van der Waals surface area contributed by atoms with E-state index in [1.807, 2.05) is 13.1 Å². The quantitative estimate of drug-likeness (QED) is 0.787. The van der Waals surface area contributed by atoms with E-state index in [0.29, 0.717) is 10.8 Å². The fourth-order valence-corrected chi connectivity index (χ4v) is 3.89. The first-order valence-electron chi connectivity index (χ1n) is 6.02. The van der Waals surface area contributed by atoms with Gasteiger partial charge >= 0.3 is 0 Å². The third-order valence-corrected chi connectivity index (χ3v) is 5.94. The van der Waals surface area contributed by atoms with E-state index in [0.717, 1.165) is 17.8 Å². The maximum absolute atomic E-state index is 12.0. The smallest absolute Gasteiger partial charge is 0.250 e. The Labute approximate surface area is 114 Å². The molecular formula is C12H22N2O2S2. The van der Waals surface area contributed by atoms with E-state index in [1.165, 1.54) is 11.3 Å². The zero-order valence-electron chi connectivity index (χ0n) is 11.4. The van der Waals surface area contributed by atoms with E-state index >= 15 is 0 Å². The van der Waals surface area contributed by atoms with Crippen molar-refractivity contribution in [2.75, 3.05) is 20.1 Å². The Morgan fingerprint density at radius 1 is 1.22 bits per heavy atom. The molecule has 0 spiro atoms. The van der Waals surface area contributed by atoms with E-state index in [4.69, 9.17) is 0 Å². The Balaban J connectivity index is 2.71. The molecule has 1 heterocycles. The van der Waals surface area contributed by atoms with Crippen LogP contribution in [0, 0.1) is 0 Å². The van der Waals surface area contributed by atoms with Crippen LogP contribution in [0.2, 0.25) is 0 Å². The Bertz CT molecular complexity index is 473. The fraction of sp³-hybridized carbons (Fsp3) is 0.667. The van der Waals surface area contributed by atoms with Crippen molar-refractivity contribution in [3.63, 3.8) is 0 Å². The lowest BCUT2D eigenvalue weighted by Crippen LogP contribution is -2.26. The van der Waals surface area contributed by atoms with Crippen molar-refractivity contribution in [1.82, 2.24) is 10.0 Å². The molecule has 0 saturated heterocycles. The topological polar surface area (TPSA) is 58.2 Å². The van der Waals surface area contributed by atoms with Gasteiger partial charge in [-0.05, 0) is 37.6 Å². The van der Waals surface area contributed by atoms with Gasteiger partial charge < -0.3 is 5.32 Å². The molecule has 0 unspecified atom stereocenters. The normalized spacial score (nSPS) is 12.9. The molecule has 4 nitrogen and oxygen atoms in total. The Kier molecular flexibility index (Phi) is 5.33. The molecule has 0 bridgehead atoms. The van der Waals surface area contributed by atoms with Crippen LogP contribution in [0.5, 0.6) is 0 Å². The highest BCUT2D eigenvalue weighted by Crippen LogP contribution is 2.31. The standard InChI is InChI=1S/C12H22N2O2S2/c1-12(2,3)10-6-7-11(17-10)18(15,16)14-9-5-8-13-4/h6-7,13-14H,5,8-9H2,1-4H3. The summed E-state index contributed by atoms with van der Waals surface area (Å²) in [7, 11) is -1.49. The SMILES string of the molecule is CNCCCNS(=O)(=O)c1ccc(C(C)(C)C)s1. The monoisotopic (exact) mass is 290 g/mol. The summed E-state index contributed by atoms with van der Waals surface area (Å²) in [6, 6.07) is 3.58. The van der Waals surface area contributed by atoms with Crippen LogP contribution in [-0.2, 0) is 15.4 Å². The van der Waals surface area contributed by atoms with Crippen LogP contribution in [0.4, 0.5) is 0 Å². The minimum absolute atomic E-state index is 0.00936. The molecule has 1 aromatic heterocycles. The molecule has 0 radical (unpaired) electrons. The molecule has 0 aliphatic rings. The van der Waals surface area contributed by atoms with Gasteiger partial charge in [0.05, 0.1) is 0 Å². The van der Waals surface area contributed by atoms with Crippen LogP contribution in [0.1, 0.15) is 32.1 Å². The molecule has 18 heavy (non-hydrogen) atoms. The molecule has 0 amide bonds. The second-order valence-corrected chi connectivity index (χ2v) is 8.30. The van der Waals surface area contributed by atoms with E-state index in [1.54, 1.807) is 6.07 Å². The van der Waals surface area contributed by atoms with Gasteiger partial charge in [0.1, 0.15) is 4.21 Å². The summed E-state index contributed by atoms with van der Waals surface area (Å²) >= 11 is 1.34. The van der Waals surface area contributed by atoms with Crippen molar-refractivity contribution in [2.24, 2.45) is 0 Å². The first-order valence-corrected chi connectivity index (χ1v) is 8.32. The Hall–Kier alpha value is -0.430. The van der Waals surface area contributed by atoms with E-state index < -0.39 is 10.0 Å². The zero-order valence-corrected chi connectivity index (χ0v) is 13.0. The summed E-state index contributed by atoms with van der Waals surface area (Å²) in [5, 5.41) is 2.99.